The lowest BCUT2D eigenvalue weighted by atomic mass is 10.2. The van der Waals surface area contributed by atoms with Gasteiger partial charge in [-0.3, -0.25) is 4.79 Å². The standard InChI is InChI=1S/C12H10ClNO/c1-2-5-14-7-9(8-15)11-6-10(13)3-4-12(11)14/h2-8H,1H3/b5-2+. The van der Waals surface area contributed by atoms with Crippen LogP contribution in [0, 0.1) is 0 Å². The number of hydrogen-bond donors (Lipinski definition) is 0. The summed E-state index contributed by atoms with van der Waals surface area (Å²) in [5.41, 5.74) is 1.64. The minimum atomic E-state index is 0.642. The van der Waals surface area contributed by atoms with Crippen LogP contribution in [0.2, 0.25) is 5.02 Å². The molecule has 0 saturated carbocycles. The molecule has 0 atom stereocenters. The normalized spacial score (nSPS) is 11.3. The number of halogens is 1. The minimum Gasteiger partial charge on any atom is -0.323 e. The van der Waals surface area contributed by atoms with Crippen LogP contribution < -0.4 is 0 Å². The van der Waals surface area contributed by atoms with E-state index in [0.717, 1.165) is 17.2 Å². The lowest BCUT2D eigenvalue weighted by Gasteiger charge is -1.96. The van der Waals surface area contributed by atoms with Crippen LogP contribution in [0.4, 0.5) is 0 Å². The molecule has 0 unspecified atom stereocenters. The Bertz CT molecular complexity index is 540. The maximum atomic E-state index is 10.9. The average molecular weight is 220 g/mol. The molecule has 2 rings (SSSR count). The van der Waals surface area contributed by atoms with Gasteiger partial charge >= 0.3 is 0 Å². The summed E-state index contributed by atoms with van der Waals surface area (Å²) in [6.45, 7) is 1.93. The molecular weight excluding hydrogens is 210 g/mol. The van der Waals surface area contributed by atoms with E-state index in [0.29, 0.717) is 10.6 Å². The highest BCUT2D eigenvalue weighted by Gasteiger charge is 2.06. The largest absolute Gasteiger partial charge is 0.323 e. The van der Waals surface area contributed by atoms with Crippen molar-refractivity contribution in [2.75, 3.05) is 0 Å². The second-order valence-electron chi connectivity index (χ2n) is 3.25. The van der Waals surface area contributed by atoms with Gasteiger partial charge in [0.25, 0.3) is 0 Å². The average Bonchev–Trinajstić information content (AvgIpc) is 2.56. The summed E-state index contributed by atoms with van der Waals surface area (Å²) in [4.78, 5) is 10.9. The van der Waals surface area contributed by atoms with E-state index in [1.807, 2.05) is 35.9 Å². The summed E-state index contributed by atoms with van der Waals surface area (Å²) < 4.78 is 1.91. The number of aromatic nitrogens is 1. The Morgan fingerprint density at radius 2 is 2.20 bits per heavy atom. The summed E-state index contributed by atoms with van der Waals surface area (Å²) in [7, 11) is 0. The van der Waals surface area contributed by atoms with Gasteiger partial charge in [0.2, 0.25) is 0 Å². The molecule has 0 amide bonds. The molecule has 15 heavy (non-hydrogen) atoms. The van der Waals surface area contributed by atoms with Gasteiger partial charge in [-0.25, -0.2) is 0 Å². The number of rotatable bonds is 2. The van der Waals surface area contributed by atoms with Crippen molar-refractivity contribution in [3.63, 3.8) is 0 Å². The van der Waals surface area contributed by atoms with Crippen molar-refractivity contribution in [2.45, 2.75) is 6.92 Å². The Balaban J connectivity index is 2.80. The molecule has 1 aromatic heterocycles. The van der Waals surface area contributed by atoms with Gasteiger partial charge < -0.3 is 4.57 Å². The zero-order valence-electron chi connectivity index (χ0n) is 8.27. The predicted molar refractivity (Wildman–Crippen MR) is 63.3 cm³/mol. The third kappa shape index (κ3) is 1.68. The van der Waals surface area contributed by atoms with Gasteiger partial charge in [0, 0.05) is 28.4 Å². The quantitative estimate of drug-likeness (QED) is 0.708. The first-order chi connectivity index (χ1) is 7.26. The van der Waals surface area contributed by atoms with Crippen LogP contribution in [0.25, 0.3) is 17.1 Å². The highest BCUT2D eigenvalue weighted by Crippen LogP contribution is 2.24. The van der Waals surface area contributed by atoms with Crippen LogP contribution in [0.1, 0.15) is 17.3 Å². The fourth-order valence-corrected chi connectivity index (χ4v) is 1.80. The maximum absolute atomic E-state index is 10.9. The molecule has 0 N–H and O–H groups in total. The second-order valence-corrected chi connectivity index (χ2v) is 3.69. The number of aldehydes is 1. The van der Waals surface area contributed by atoms with Crippen molar-refractivity contribution in [3.05, 3.63) is 41.1 Å². The third-order valence-electron chi connectivity index (χ3n) is 2.26. The number of carbonyl (C=O) groups excluding carboxylic acids is 1. The van der Waals surface area contributed by atoms with Crippen LogP contribution in [-0.2, 0) is 0 Å². The summed E-state index contributed by atoms with van der Waals surface area (Å²) in [6.07, 6.45) is 6.47. The van der Waals surface area contributed by atoms with Gasteiger partial charge in [0.15, 0.2) is 6.29 Å². The number of nitrogens with zero attached hydrogens (tertiary/aromatic N) is 1. The van der Waals surface area contributed by atoms with E-state index < -0.39 is 0 Å². The molecule has 3 heteroatoms. The first-order valence-electron chi connectivity index (χ1n) is 4.64. The maximum Gasteiger partial charge on any atom is 0.152 e. The van der Waals surface area contributed by atoms with E-state index in [1.165, 1.54) is 0 Å². The molecule has 76 valence electrons. The predicted octanol–water partition coefficient (Wildman–Crippen LogP) is 3.60. The van der Waals surface area contributed by atoms with Gasteiger partial charge in [0.1, 0.15) is 0 Å². The lowest BCUT2D eigenvalue weighted by Crippen LogP contribution is -1.81. The molecule has 2 nitrogen and oxygen atoms in total. The molecule has 0 aliphatic carbocycles. The first-order valence-corrected chi connectivity index (χ1v) is 5.02. The number of benzene rings is 1. The number of fused-ring (bicyclic) bond motifs is 1. The Hall–Kier alpha value is -1.54. The Morgan fingerprint density at radius 3 is 2.87 bits per heavy atom. The SMILES string of the molecule is C/C=C/n1cc(C=O)c2cc(Cl)ccc21. The van der Waals surface area contributed by atoms with E-state index in [4.69, 9.17) is 11.6 Å². The molecule has 1 aromatic carbocycles. The molecule has 0 radical (unpaired) electrons. The summed E-state index contributed by atoms with van der Waals surface area (Å²) >= 11 is 5.89. The molecule has 2 aromatic rings. The molecular formula is C12H10ClNO. The molecule has 0 bridgehead atoms. The molecule has 0 fully saturated rings. The van der Waals surface area contributed by atoms with Crippen LogP contribution in [0.3, 0.4) is 0 Å². The zero-order valence-corrected chi connectivity index (χ0v) is 9.03. The topological polar surface area (TPSA) is 22.0 Å². The summed E-state index contributed by atoms with van der Waals surface area (Å²) in [5.74, 6) is 0. The summed E-state index contributed by atoms with van der Waals surface area (Å²) in [6, 6.07) is 5.53. The third-order valence-corrected chi connectivity index (χ3v) is 2.50. The van der Waals surface area contributed by atoms with Crippen molar-refractivity contribution < 1.29 is 4.79 Å². The Kier molecular flexibility index (Phi) is 2.60. The van der Waals surface area contributed by atoms with E-state index in [9.17, 15) is 4.79 Å². The minimum absolute atomic E-state index is 0.642. The lowest BCUT2D eigenvalue weighted by molar-refractivity contribution is 0.112. The van der Waals surface area contributed by atoms with E-state index >= 15 is 0 Å². The van der Waals surface area contributed by atoms with Gasteiger partial charge in [-0.15, -0.1) is 0 Å². The number of carbonyl (C=O) groups is 1. The van der Waals surface area contributed by atoms with Gasteiger partial charge in [-0.05, 0) is 25.1 Å². The van der Waals surface area contributed by atoms with E-state index in [1.54, 1.807) is 12.3 Å². The van der Waals surface area contributed by atoms with Crippen molar-refractivity contribution in [2.24, 2.45) is 0 Å². The molecule has 0 spiro atoms. The second kappa shape index (κ2) is 3.91. The monoisotopic (exact) mass is 219 g/mol. The van der Waals surface area contributed by atoms with Crippen LogP contribution in [0.15, 0.2) is 30.5 Å². The number of allylic oxidation sites excluding steroid dienone is 1. The molecule has 0 aliphatic rings. The Morgan fingerprint density at radius 1 is 1.40 bits per heavy atom. The molecule has 0 saturated heterocycles. The van der Waals surface area contributed by atoms with Gasteiger partial charge in [-0.2, -0.15) is 0 Å². The van der Waals surface area contributed by atoms with Crippen molar-refractivity contribution in [3.8, 4) is 0 Å². The van der Waals surface area contributed by atoms with Crippen LogP contribution >= 0.6 is 11.6 Å². The smallest absolute Gasteiger partial charge is 0.152 e. The van der Waals surface area contributed by atoms with Crippen molar-refractivity contribution >= 4 is 35.0 Å². The highest BCUT2D eigenvalue weighted by molar-refractivity contribution is 6.31. The molecule has 1 heterocycles. The van der Waals surface area contributed by atoms with Crippen LogP contribution in [-0.4, -0.2) is 10.9 Å². The first kappa shape index (κ1) is 9.99. The summed E-state index contributed by atoms with van der Waals surface area (Å²) in [5, 5.41) is 1.53. The van der Waals surface area contributed by atoms with Crippen molar-refractivity contribution in [1.29, 1.82) is 0 Å². The Labute approximate surface area is 92.8 Å². The van der Waals surface area contributed by atoms with E-state index in [-0.39, 0.29) is 0 Å². The highest BCUT2D eigenvalue weighted by atomic mass is 35.5. The zero-order chi connectivity index (χ0) is 10.8. The van der Waals surface area contributed by atoms with Gasteiger partial charge in [-0.1, -0.05) is 17.7 Å². The van der Waals surface area contributed by atoms with Gasteiger partial charge in [0.05, 0.1) is 5.52 Å². The van der Waals surface area contributed by atoms with E-state index in [2.05, 4.69) is 0 Å². The fourth-order valence-electron chi connectivity index (χ4n) is 1.63. The number of hydrogen-bond acceptors (Lipinski definition) is 1. The van der Waals surface area contributed by atoms with Crippen LogP contribution in [0.5, 0.6) is 0 Å². The molecule has 0 aliphatic heterocycles. The fraction of sp³-hybridized carbons (Fsp3) is 0.0833. The van der Waals surface area contributed by atoms with Crippen molar-refractivity contribution in [1.82, 2.24) is 4.57 Å².